The summed E-state index contributed by atoms with van der Waals surface area (Å²) < 4.78 is 1.66. The van der Waals surface area contributed by atoms with E-state index in [1.807, 2.05) is 48.5 Å². The van der Waals surface area contributed by atoms with Gasteiger partial charge in [0.05, 0.1) is 11.2 Å². The topological polar surface area (TPSA) is 95.2 Å². The molecular formula is C14H10N6O. The van der Waals surface area contributed by atoms with Gasteiger partial charge in [0, 0.05) is 21.8 Å². The van der Waals surface area contributed by atoms with Gasteiger partial charge < -0.3 is 5.32 Å². The third-order valence-electron chi connectivity index (χ3n) is 2.95. The van der Waals surface area contributed by atoms with Gasteiger partial charge in [-0.05, 0) is 17.7 Å². The second kappa shape index (κ2) is 5.36. The number of anilines is 1. The SMILES string of the molecule is [N-]=[N+]=NC(=O)Nc1c(-c2ccccc2)nn2ccccc12. The minimum Gasteiger partial charge on any atom is -0.317 e. The summed E-state index contributed by atoms with van der Waals surface area (Å²) in [6, 6.07) is 14.2. The van der Waals surface area contributed by atoms with Gasteiger partial charge in [0.15, 0.2) is 0 Å². The zero-order valence-electron chi connectivity index (χ0n) is 10.8. The molecule has 102 valence electrons. The lowest BCUT2D eigenvalue weighted by molar-refractivity contribution is 0.259. The molecule has 3 aromatic rings. The lowest BCUT2D eigenvalue weighted by atomic mass is 10.1. The number of hydrogen-bond donors (Lipinski definition) is 1. The van der Waals surface area contributed by atoms with Crippen molar-refractivity contribution in [3.05, 3.63) is 65.2 Å². The summed E-state index contributed by atoms with van der Waals surface area (Å²) in [6.07, 6.45) is 1.78. The summed E-state index contributed by atoms with van der Waals surface area (Å²) in [7, 11) is 0. The molecule has 0 saturated heterocycles. The van der Waals surface area contributed by atoms with Crippen LogP contribution < -0.4 is 5.32 Å². The highest BCUT2D eigenvalue weighted by atomic mass is 16.2. The molecule has 7 nitrogen and oxygen atoms in total. The van der Waals surface area contributed by atoms with E-state index >= 15 is 0 Å². The van der Waals surface area contributed by atoms with E-state index in [1.165, 1.54) is 0 Å². The van der Waals surface area contributed by atoms with E-state index in [2.05, 4.69) is 20.4 Å². The van der Waals surface area contributed by atoms with Crippen LogP contribution in [0.2, 0.25) is 0 Å². The minimum absolute atomic E-state index is 0.513. The van der Waals surface area contributed by atoms with Crippen molar-refractivity contribution in [3.8, 4) is 11.3 Å². The molecule has 0 fully saturated rings. The first-order valence-electron chi connectivity index (χ1n) is 6.18. The summed E-state index contributed by atoms with van der Waals surface area (Å²) in [5.41, 5.74) is 11.0. The second-order valence-corrected chi connectivity index (χ2v) is 4.24. The fourth-order valence-corrected chi connectivity index (χ4v) is 2.09. The van der Waals surface area contributed by atoms with E-state index in [4.69, 9.17) is 5.53 Å². The molecule has 2 heterocycles. The molecule has 0 spiro atoms. The molecule has 0 unspecified atom stereocenters. The summed E-state index contributed by atoms with van der Waals surface area (Å²) in [6.45, 7) is 0. The maximum absolute atomic E-state index is 11.6. The van der Waals surface area contributed by atoms with Crippen LogP contribution in [0.25, 0.3) is 27.2 Å². The lowest BCUT2D eigenvalue weighted by Gasteiger charge is -2.03. The summed E-state index contributed by atoms with van der Waals surface area (Å²) >= 11 is 0. The van der Waals surface area contributed by atoms with Crippen LogP contribution in [0.3, 0.4) is 0 Å². The number of azide groups is 1. The molecule has 0 aliphatic heterocycles. The van der Waals surface area contributed by atoms with Gasteiger partial charge in [-0.1, -0.05) is 36.4 Å². The van der Waals surface area contributed by atoms with Gasteiger partial charge in [-0.2, -0.15) is 5.10 Å². The molecule has 0 atom stereocenters. The standard InChI is InChI=1S/C14H10N6O/c15-19-17-14(21)16-13-11-8-4-5-9-20(11)18-12(13)10-6-2-1-3-7-10/h1-9H,(H,16,21). The maximum atomic E-state index is 11.6. The van der Waals surface area contributed by atoms with Gasteiger partial charge in [-0.3, -0.25) is 4.79 Å². The number of carbonyl (C=O) groups excluding carboxylic acids is 1. The minimum atomic E-state index is -0.770. The van der Waals surface area contributed by atoms with Crippen molar-refractivity contribution in [1.29, 1.82) is 0 Å². The van der Waals surface area contributed by atoms with Crippen molar-refractivity contribution in [3.63, 3.8) is 0 Å². The van der Waals surface area contributed by atoms with Crippen LogP contribution in [-0.2, 0) is 0 Å². The number of carbonyl (C=O) groups is 1. The van der Waals surface area contributed by atoms with Crippen molar-refractivity contribution >= 4 is 17.2 Å². The van der Waals surface area contributed by atoms with Crippen LogP contribution >= 0.6 is 0 Å². The third-order valence-corrected chi connectivity index (χ3v) is 2.95. The highest BCUT2D eigenvalue weighted by Crippen LogP contribution is 2.30. The molecule has 21 heavy (non-hydrogen) atoms. The fraction of sp³-hybridized carbons (Fsp3) is 0. The number of nitrogens with one attached hydrogen (secondary N) is 1. The van der Waals surface area contributed by atoms with Crippen LogP contribution in [0, 0.1) is 0 Å². The Morgan fingerprint density at radius 3 is 2.71 bits per heavy atom. The van der Waals surface area contributed by atoms with Crippen LogP contribution in [0.5, 0.6) is 0 Å². The van der Waals surface area contributed by atoms with Crippen LogP contribution in [-0.4, -0.2) is 15.6 Å². The van der Waals surface area contributed by atoms with Crippen LogP contribution in [0.4, 0.5) is 10.5 Å². The van der Waals surface area contributed by atoms with Gasteiger partial charge in [-0.15, -0.1) is 0 Å². The monoisotopic (exact) mass is 278 g/mol. The number of nitrogens with zero attached hydrogens (tertiary/aromatic N) is 5. The van der Waals surface area contributed by atoms with E-state index in [0.717, 1.165) is 11.1 Å². The molecule has 1 aromatic carbocycles. The summed E-state index contributed by atoms with van der Waals surface area (Å²) in [5.74, 6) is 0. The highest BCUT2D eigenvalue weighted by Gasteiger charge is 2.15. The van der Waals surface area contributed by atoms with E-state index in [9.17, 15) is 4.79 Å². The molecule has 0 aliphatic rings. The van der Waals surface area contributed by atoms with Crippen molar-refractivity contribution in [2.45, 2.75) is 0 Å². The molecule has 2 amide bonds. The van der Waals surface area contributed by atoms with Gasteiger partial charge in [0.25, 0.3) is 0 Å². The normalized spacial score (nSPS) is 10.1. The fourth-order valence-electron chi connectivity index (χ4n) is 2.09. The predicted molar refractivity (Wildman–Crippen MR) is 78.8 cm³/mol. The van der Waals surface area contributed by atoms with Gasteiger partial charge in [-0.25, -0.2) is 4.52 Å². The maximum Gasteiger partial charge on any atom is 0.312 e. The molecule has 0 radical (unpaired) electrons. The first kappa shape index (κ1) is 12.7. The molecular weight excluding hydrogens is 268 g/mol. The molecule has 1 N–H and O–H groups in total. The molecule has 2 aromatic heterocycles. The molecule has 7 heteroatoms. The van der Waals surface area contributed by atoms with E-state index in [0.29, 0.717) is 11.4 Å². The van der Waals surface area contributed by atoms with Crippen molar-refractivity contribution in [2.75, 3.05) is 5.32 Å². The summed E-state index contributed by atoms with van der Waals surface area (Å²) in [5, 5.41) is 10.1. The Balaban J connectivity index is 2.19. The Labute approximate surface area is 119 Å². The van der Waals surface area contributed by atoms with Gasteiger partial charge >= 0.3 is 6.03 Å². The van der Waals surface area contributed by atoms with Crippen molar-refractivity contribution < 1.29 is 4.79 Å². The van der Waals surface area contributed by atoms with Crippen LogP contribution in [0.15, 0.2) is 59.8 Å². The van der Waals surface area contributed by atoms with E-state index in [1.54, 1.807) is 10.7 Å². The number of rotatable bonds is 2. The zero-order valence-corrected chi connectivity index (χ0v) is 10.8. The Morgan fingerprint density at radius 1 is 1.19 bits per heavy atom. The number of benzene rings is 1. The Kier molecular flexibility index (Phi) is 3.24. The number of urea groups is 1. The first-order chi connectivity index (χ1) is 10.3. The van der Waals surface area contributed by atoms with Crippen molar-refractivity contribution in [1.82, 2.24) is 9.61 Å². The zero-order chi connectivity index (χ0) is 14.7. The summed E-state index contributed by atoms with van der Waals surface area (Å²) in [4.78, 5) is 14.1. The average molecular weight is 278 g/mol. The Morgan fingerprint density at radius 2 is 1.95 bits per heavy atom. The number of aromatic nitrogens is 2. The average Bonchev–Trinajstić information content (AvgIpc) is 2.87. The highest BCUT2D eigenvalue weighted by molar-refractivity contribution is 6.00. The largest absolute Gasteiger partial charge is 0.317 e. The number of pyridine rings is 1. The second-order valence-electron chi connectivity index (χ2n) is 4.24. The number of amides is 2. The molecule has 0 aliphatic carbocycles. The third kappa shape index (κ3) is 2.41. The Bertz CT molecular complexity index is 848. The first-order valence-corrected chi connectivity index (χ1v) is 6.18. The molecule has 0 saturated carbocycles. The quantitative estimate of drug-likeness (QED) is 0.438. The molecule has 0 bridgehead atoms. The number of hydrogen-bond acceptors (Lipinski definition) is 2. The Hall–Kier alpha value is -3.31. The molecule has 3 rings (SSSR count). The number of fused-ring (bicyclic) bond motifs is 1. The van der Waals surface area contributed by atoms with Gasteiger partial charge in [0.1, 0.15) is 5.69 Å². The van der Waals surface area contributed by atoms with Crippen molar-refractivity contribution in [2.24, 2.45) is 5.11 Å². The smallest absolute Gasteiger partial charge is 0.312 e. The lowest BCUT2D eigenvalue weighted by Crippen LogP contribution is -2.05. The predicted octanol–water partition coefficient (Wildman–Crippen LogP) is 3.84. The van der Waals surface area contributed by atoms with Crippen LogP contribution in [0.1, 0.15) is 0 Å². The van der Waals surface area contributed by atoms with E-state index in [-0.39, 0.29) is 0 Å². The van der Waals surface area contributed by atoms with E-state index < -0.39 is 6.03 Å². The van der Waals surface area contributed by atoms with Gasteiger partial charge in [0.2, 0.25) is 0 Å².